The van der Waals surface area contributed by atoms with E-state index in [0.29, 0.717) is 22.7 Å². The van der Waals surface area contributed by atoms with Crippen molar-refractivity contribution in [2.75, 3.05) is 19.3 Å². The Morgan fingerprint density at radius 2 is 2.29 bits per heavy atom. The number of nitrogens with one attached hydrogen (secondary N) is 1. The van der Waals surface area contributed by atoms with Crippen molar-refractivity contribution >= 4 is 29.3 Å². The molecule has 1 aromatic carbocycles. The average molecular weight is 323 g/mol. The standard InChI is InChI=1S/C16H19ClN2OS/c1-21-16(7-3-8-16)11-19-15(20)13-6-5-12(4-2-9-18)14(17)10-13/h5-6,10H,3,7-9,11,18H2,1H3,(H,19,20). The van der Waals surface area contributed by atoms with Crippen LogP contribution >= 0.6 is 23.4 Å². The average Bonchev–Trinajstić information content (AvgIpc) is 2.45. The third kappa shape index (κ3) is 3.94. The normalized spacial score (nSPS) is 15.6. The Balaban J connectivity index is 2.01. The predicted octanol–water partition coefficient (Wildman–Crippen LogP) is 2.67. The van der Waals surface area contributed by atoms with Crippen molar-refractivity contribution < 1.29 is 4.79 Å². The largest absolute Gasteiger partial charge is 0.351 e. The number of benzene rings is 1. The molecule has 0 radical (unpaired) electrons. The van der Waals surface area contributed by atoms with Crippen LogP contribution in [0, 0.1) is 11.8 Å². The van der Waals surface area contributed by atoms with E-state index < -0.39 is 0 Å². The first-order valence-electron chi connectivity index (χ1n) is 6.92. The van der Waals surface area contributed by atoms with E-state index in [1.807, 2.05) is 11.8 Å². The van der Waals surface area contributed by atoms with Crippen LogP contribution in [0.15, 0.2) is 18.2 Å². The van der Waals surface area contributed by atoms with Crippen molar-refractivity contribution in [1.82, 2.24) is 5.32 Å². The van der Waals surface area contributed by atoms with Crippen LogP contribution < -0.4 is 11.1 Å². The van der Waals surface area contributed by atoms with Gasteiger partial charge in [0.15, 0.2) is 0 Å². The molecule has 0 heterocycles. The van der Waals surface area contributed by atoms with Crippen LogP contribution in [0.5, 0.6) is 0 Å². The van der Waals surface area contributed by atoms with Crippen molar-refractivity contribution in [2.24, 2.45) is 5.73 Å². The highest BCUT2D eigenvalue weighted by Gasteiger charge is 2.36. The zero-order chi connectivity index (χ0) is 15.3. The molecule has 3 N–H and O–H groups in total. The molecule has 0 atom stereocenters. The SMILES string of the molecule is CSC1(CNC(=O)c2ccc(C#CCN)c(Cl)c2)CCC1. The van der Waals surface area contributed by atoms with Gasteiger partial charge in [-0.15, -0.1) is 0 Å². The van der Waals surface area contributed by atoms with Crippen molar-refractivity contribution in [3.8, 4) is 11.8 Å². The minimum atomic E-state index is -0.0874. The first-order chi connectivity index (χ1) is 10.1. The van der Waals surface area contributed by atoms with Gasteiger partial charge in [-0.2, -0.15) is 11.8 Å². The van der Waals surface area contributed by atoms with Crippen molar-refractivity contribution in [1.29, 1.82) is 0 Å². The third-order valence-electron chi connectivity index (χ3n) is 3.83. The van der Waals surface area contributed by atoms with Gasteiger partial charge in [0, 0.05) is 22.4 Å². The maximum Gasteiger partial charge on any atom is 0.251 e. The smallest absolute Gasteiger partial charge is 0.251 e. The Morgan fingerprint density at radius 3 is 2.81 bits per heavy atom. The molecule has 1 amide bonds. The van der Waals surface area contributed by atoms with Gasteiger partial charge in [-0.3, -0.25) is 4.79 Å². The summed E-state index contributed by atoms with van der Waals surface area (Å²) in [6.07, 6.45) is 5.69. The highest BCUT2D eigenvalue weighted by molar-refractivity contribution is 8.00. The predicted molar refractivity (Wildman–Crippen MR) is 89.8 cm³/mol. The molecule has 2 rings (SSSR count). The molecule has 112 valence electrons. The molecule has 0 bridgehead atoms. The van der Waals surface area contributed by atoms with E-state index >= 15 is 0 Å². The molecule has 1 aliphatic rings. The van der Waals surface area contributed by atoms with Gasteiger partial charge in [0.2, 0.25) is 0 Å². The zero-order valence-electron chi connectivity index (χ0n) is 12.0. The lowest BCUT2D eigenvalue weighted by Crippen LogP contribution is -2.45. The monoisotopic (exact) mass is 322 g/mol. The van der Waals surface area contributed by atoms with Gasteiger partial charge in [0.1, 0.15) is 0 Å². The molecule has 0 unspecified atom stereocenters. The van der Waals surface area contributed by atoms with Crippen LogP contribution in [-0.2, 0) is 0 Å². The fraction of sp³-hybridized carbons (Fsp3) is 0.438. The Hall–Kier alpha value is -1.15. The van der Waals surface area contributed by atoms with Crippen LogP contribution in [0.4, 0.5) is 0 Å². The van der Waals surface area contributed by atoms with Crippen molar-refractivity contribution in [3.63, 3.8) is 0 Å². The summed E-state index contributed by atoms with van der Waals surface area (Å²) in [6.45, 7) is 0.995. The number of hydrogen-bond donors (Lipinski definition) is 2. The highest BCUT2D eigenvalue weighted by atomic mass is 35.5. The second-order valence-electron chi connectivity index (χ2n) is 5.12. The molecule has 1 aromatic rings. The Kier molecular flexibility index (Phi) is 5.58. The number of halogens is 1. The topological polar surface area (TPSA) is 55.1 Å². The number of carbonyl (C=O) groups is 1. The fourth-order valence-corrected chi connectivity index (χ4v) is 3.41. The second kappa shape index (κ2) is 7.22. The summed E-state index contributed by atoms with van der Waals surface area (Å²) in [4.78, 5) is 12.2. The van der Waals surface area contributed by atoms with Gasteiger partial charge in [-0.1, -0.05) is 29.9 Å². The fourth-order valence-electron chi connectivity index (χ4n) is 2.27. The number of nitrogens with two attached hydrogens (primary N) is 1. The van der Waals surface area contributed by atoms with Crippen LogP contribution in [0.25, 0.3) is 0 Å². The minimum absolute atomic E-state index is 0.0874. The molecule has 21 heavy (non-hydrogen) atoms. The van der Waals surface area contributed by atoms with Crippen LogP contribution in [0.3, 0.4) is 0 Å². The first-order valence-corrected chi connectivity index (χ1v) is 8.52. The van der Waals surface area contributed by atoms with Gasteiger partial charge in [0.05, 0.1) is 11.6 Å². The van der Waals surface area contributed by atoms with Gasteiger partial charge in [-0.25, -0.2) is 0 Å². The number of carbonyl (C=O) groups excluding carboxylic acids is 1. The molecule has 0 saturated heterocycles. The summed E-state index contributed by atoms with van der Waals surface area (Å²) < 4.78 is 0.228. The van der Waals surface area contributed by atoms with Gasteiger partial charge < -0.3 is 11.1 Å². The van der Waals surface area contributed by atoms with E-state index in [1.54, 1.807) is 18.2 Å². The van der Waals surface area contributed by atoms with E-state index in [1.165, 1.54) is 19.3 Å². The summed E-state index contributed by atoms with van der Waals surface area (Å²) in [6, 6.07) is 5.16. The molecule has 1 aliphatic carbocycles. The molecular weight excluding hydrogens is 304 g/mol. The summed E-state index contributed by atoms with van der Waals surface area (Å²) in [5, 5.41) is 3.49. The van der Waals surface area contributed by atoms with E-state index in [2.05, 4.69) is 23.4 Å². The maximum absolute atomic E-state index is 12.2. The summed E-state index contributed by atoms with van der Waals surface area (Å²) in [5.74, 6) is 5.54. The lowest BCUT2D eigenvalue weighted by molar-refractivity contribution is 0.0944. The lowest BCUT2D eigenvalue weighted by atomic mass is 9.84. The molecule has 0 aromatic heterocycles. The molecule has 0 spiro atoms. The third-order valence-corrected chi connectivity index (χ3v) is 5.56. The Bertz CT molecular complexity index is 582. The minimum Gasteiger partial charge on any atom is -0.351 e. The zero-order valence-corrected chi connectivity index (χ0v) is 13.6. The number of thioether (sulfide) groups is 1. The molecular formula is C16H19ClN2OS. The summed E-state index contributed by atoms with van der Waals surface area (Å²) in [7, 11) is 0. The van der Waals surface area contributed by atoms with Gasteiger partial charge in [0.25, 0.3) is 5.91 Å². The van der Waals surface area contributed by atoms with E-state index in [9.17, 15) is 4.79 Å². The molecule has 0 aliphatic heterocycles. The number of amides is 1. The number of rotatable bonds is 4. The molecule has 3 nitrogen and oxygen atoms in total. The van der Waals surface area contributed by atoms with Gasteiger partial charge >= 0.3 is 0 Å². The quantitative estimate of drug-likeness (QED) is 0.838. The van der Waals surface area contributed by atoms with Crippen molar-refractivity contribution in [3.05, 3.63) is 34.3 Å². The molecule has 1 fully saturated rings. The molecule has 1 saturated carbocycles. The lowest BCUT2D eigenvalue weighted by Gasteiger charge is -2.40. The van der Waals surface area contributed by atoms with Gasteiger partial charge in [-0.05, 0) is 37.3 Å². The van der Waals surface area contributed by atoms with Crippen molar-refractivity contribution in [2.45, 2.75) is 24.0 Å². The van der Waals surface area contributed by atoms with E-state index in [0.717, 1.165) is 0 Å². The summed E-state index contributed by atoms with van der Waals surface area (Å²) >= 11 is 7.98. The van der Waals surface area contributed by atoms with E-state index in [-0.39, 0.29) is 17.2 Å². The second-order valence-corrected chi connectivity index (χ2v) is 6.81. The van der Waals surface area contributed by atoms with Crippen LogP contribution in [0.2, 0.25) is 5.02 Å². The van der Waals surface area contributed by atoms with Crippen LogP contribution in [-0.4, -0.2) is 30.0 Å². The first kappa shape index (κ1) is 16.2. The van der Waals surface area contributed by atoms with Crippen LogP contribution in [0.1, 0.15) is 35.2 Å². The maximum atomic E-state index is 12.2. The highest BCUT2D eigenvalue weighted by Crippen LogP contribution is 2.42. The summed E-state index contributed by atoms with van der Waals surface area (Å²) in [5.41, 5.74) is 6.59. The van der Waals surface area contributed by atoms with E-state index in [4.69, 9.17) is 17.3 Å². The Labute approximate surface area is 135 Å². The molecule has 5 heteroatoms. The Morgan fingerprint density at radius 1 is 1.52 bits per heavy atom. The number of hydrogen-bond acceptors (Lipinski definition) is 3.